The number of hydrogen-bond acceptors (Lipinski definition) is 3. The number of pyridine rings is 1. The zero-order valence-corrected chi connectivity index (χ0v) is 7.40. The highest BCUT2D eigenvalue weighted by molar-refractivity contribution is 5.87. The van der Waals surface area contributed by atoms with Crippen molar-refractivity contribution >= 4 is 17.1 Å². The normalized spacial score (nSPS) is 11.1. The largest absolute Gasteiger partial charge is 0.323 e. The molecular weight excluding hydrogens is 178 g/mol. The molecule has 0 bridgehead atoms. The summed E-state index contributed by atoms with van der Waals surface area (Å²) in [6, 6.07) is 9.29. The van der Waals surface area contributed by atoms with E-state index in [-0.39, 0.29) is 5.56 Å². The number of hydrazone groups is 1. The van der Waals surface area contributed by atoms with Crippen molar-refractivity contribution in [2.24, 2.45) is 10.9 Å². The number of rotatable bonds is 1. The fourth-order valence-corrected chi connectivity index (χ4v) is 1.34. The van der Waals surface area contributed by atoms with Crippen molar-refractivity contribution in [2.75, 3.05) is 0 Å². The van der Waals surface area contributed by atoms with Gasteiger partial charge in [0.25, 0.3) is 5.56 Å². The molecule has 0 unspecified atom stereocenters. The molecule has 1 aromatic heterocycles. The molecule has 0 radical (unpaired) electrons. The minimum absolute atomic E-state index is 0.182. The molecule has 0 fully saturated rings. The van der Waals surface area contributed by atoms with E-state index in [0.29, 0.717) is 5.56 Å². The van der Waals surface area contributed by atoms with Crippen molar-refractivity contribution in [3.8, 4) is 0 Å². The molecule has 0 spiro atoms. The Morgan fingerprint density at radius 2 is 2.14 bits per heavy atom. The number of nitrogens with one attached hydrogen (secondary N) is 1. The van der Waals surface area contributed by atoms with Gasteiger partial charge in [-0.25, -0.2) is 0 Å². The lowest BCUT2D eigenvalue weighted by Crippen LogP contribution is -2.12. The number of benzene rings is 1. The Morgan fingerprint density at radius 3 is 2.93 bits per heavy atom. The molecule has 0 aliphatic rings. The number of nitrogens with zero attached hydrogens (tertiary/aromatic N) is 1. The second-order valence-electron chi connectivity index (χ2n) is 2.92. The van der Waals surface area contributed by atoms with Gasteiger partial charge in [-0.2, -0.15) is 5.10 Å². The molecule has 0 aliphatic heterocycles. The van der Waals surface area contributed by atoms with Gasteiger partial charge in [-0.3, -0.25) is 4.79 Å². The van der Waals surface area contributed by atoms with E-state index < -0.39 is 0 Å². The molecule has 2 rings (SSSR count). The van der Waals surface area contributed by atoms with Crippen LogP contribution in [0, 0.1) is 0 Å². The average Bonchev–Trinajstić information content (AvgIpc) is 2.19. The molecule has 4 heteroatoms. The second-order valence-corrected chi connectivity index (χ2v) is 2.92. The first kappa shape index (κ1) is 8.50. The van der Waals surface area contributed by atoms with E-state index >= 15 is 0 Å². The van der Waals surface area contributed by atoms with Crippen molar-refractivity contribution in [3.05, 3.63) is 46.2 Å². The van der Waals surface area contributed by atoms with Crippen LogP contribution in [0.15, 0.2) is 40.2 Å². The minimum atomic E-state index is -0.182. The molecule has 0 saturated carbocycles. The molecule has 0 atom stereocenters. The van der Waals surface area contributed by atoms with Gasteiger partial charge >= 0.3 is 0 Å². The van der Waals surface area contributed by atoms with Crippen molar-refractivity contribution in [1.29, 1.82) is 0 Å². The quantitative estimate of drug-likeness (QED) is 0.394. The van der Waals surface area contributed by atoms with Crippen LogP contribution in [0.1, 0.15) is 5.56 Å². The smallest absolute Gasteiger partial charge is 0.257 e. The maximum atomic E-state index is 11.4. The summed E-state index contributed by atoms with van der Waals surface area (Å²) in [5.74, 6) is 4.99. The third-order valence-corrected chi connectivity index (χ3v) is 2.00. The SMILES string of the molecule is N/N=C/c1cc2ccccc2[nH]c1=O. The summed E-state index contributed by atoms with van der Waals surface area (Å²) in [5, 5.41) is 4.29. The van der Waals surface area contributed by atoms with Crippen LogP contribution in [0.2, 0.25) is 0 Å². The number of nitrogens with two attached hydrogens (primary N) is 1. The van der Waals surface area contributed by atoms with Gasteiger partial charge < -0.3 is 10.8 Å². The number of aromatic amines is 1. The summed E-state index contributed by atoms with van der Waals surface area (Å²) >= 11 is 0. The highest BCUT2D eigenvalue weighted by Crippen LogP contribution is 2.08. The zero-order valence-electron chi connectivity index (χ0n) is 7.40. The van der Waals surface area contributed by atoms with E-state index in [0.717, 1.165) is 10.9 Å². The van der Waals surface area contributed by atoms with Crippen LogP contribution in [0.25, 0.3) is 10.9 Å². The molecule has 0 aliphatic carbocycles. The maximum absolute atomic E-state index is 11.4. The molecule has 0 saturated heterocycles. The molecule has 2 aromatic rings. The maximum Gasteiger partial charge on any atom is 0.257 e. The van der Waals surface area contributed by atoms with Crippen LogP contribution in [-0.4, -0.2) is 11.2 Å². The summed E-state index contributed by atoms with van der Waals surface area (Å²) in [4.78, 5) is 14.2. The molecule has 1 heterocycles. The van der Waals surface area contributed by atoms with Gasteiger partial charge in [0, 0.05) is 5.52 Å². The van der Waals surface area contributed by atoms with E-state index in [1.165, 1.54) is 6.21 Å². The van der Waals surface area contributed by atoms with Gasteiger partial charge in [-0.15, -0.1) is 0 Å². The van der Waals surface area contributed by atoms with Crippen molar-refractivity contribution in [2.45, 2.75) is 0 Å². The summed E-state index contributed by atoms with van der Waals surface area (Å²) in [7, 11) is 0. The molecular formula is C10H9N3O. The van der Waals surface area contributed by atoms with Gasteiger partial charge in [0.05, 0.1) is 11.8 Å². The predicted molar refractivity (Wildman–Crippen MR) is 56.4 cm³/mol. The van der Waals surface area contributed by atoms with E-state index in [1.807, 2.05) is 24.3 Å². The van der Waals surface area contributed by atoms with Crippen LogP contribution < -0.4 is 11.4 Å². The highest BCUT2D eigenvalue weighted by Gasteiger charge is 1.98. The van der Waals surface area contributed by atoms with Crippen LogP contribution in [-0.2, 0) is 0 Å². The second kappa shape index (κ2) is 3.33. The Kier molecular flexibility index (Phi) is 2.02. The third kappa shape index (κ3) is 1.37. The topological polar surface area (TPSA) is 71.2 Å². The lowest BCUT2D eigenvalue weighted by Gasteiger charge is -1.97. The zero-order chi connectivity index (χ0) is 9.97. The van der Waals surface area contributed by atoms with Crippen LogP contribution >= 0.6 is 0 Å². The molecule has 4 nitrogen and oxygen atoms in total. The molecule has 0 amide bonds. The van der Waals surface area contributed by atoms with Gasteiger partial charge in [-0.05, 0) is 17.5 Å². The van der Waals surface area contributed by atoms with Gasteiger partial charge in [-0.1, -0.05) is 18.2 Å². The number of fused-ring (bicyclic) bond motifs is 1. The molecule has 3 N–H and O–H groups in total. The Bertz CT molecular complexity index is 542. The fourth-order valence-electron chi connectivity index (χ4n) is 1.34. The highest BCUT2D eigenvalue weighted by atomic mass is 16.1. The number of para-hydroxylation sites is 1. The summed E-state index contributed by atoms with van der Waals surface area (Å²) in [5.41, 5.74) is 1.09. The monoisotopic (exact) mass is 187 g/mol. The molecule has 14 heavy (non-hydrogen) atoms. The third-order valence-electron chi connectivity index (χ3n) is 2.00. The van der Waals surface area contributed by atoms with E-state index in [9.17, 15) is 4.79 Å². The minimum Gasteiger partial charge on any atom is -0.323 e. The van der Waals surface area contributed by atoms with Gasteiger partial charge in [0.1, 0.15) is 0 Å². The van der Waals surface area contributed by atoms with Crippen molar-refractivity contribution in [3.63, 3.8) is 0 Å². The Hall–Kier alpha value is -2.10. The summed E-state index contributed by atoms with van der Waals surface area (Å²) in [6.07, 6.45) is 1.34. The number of aromatic nitrogens is 1. The first-order valence-corrected chi connectivity index (χ1v) is 4.16. The van der Waals surface area contributed by atoms with Crippen LogP contribution in [0.5, 0.6) is 0 Å². The lowest BCUT2D eigenvalue weighted by atomic mass is 10.2. The first-order valence-electron chi connectivity index (χ1n) is 4.16. The Balaban J connectivity index is 2.77. The van der Waals surface area contributed by atoms with E-state index in [4.69, 9.17) is 5.84 Å². The summed E-state index contributed by atoms with van der Waals surface area (Å²) in [6.45, 7) is 0. The number of H-pyrrole nitrogens is 1. The van der Waals surface area contributed by atoms with Crippen LogP contribution in [0.3, 0.4) is 0 Å². The Morgan fingerprint density at radius 1 is 1.36 bits per heavy atom. The first-order chi connectivity index (χ1) is 6.81. The van der Waals surface area contributed by atoms with E-state index in [2.05, 4.69) is 10.1 Å². The van der Waals surface area contributed by atoms with Gasteiger partial charge in [0.15, 0.2) is 0 Å². The fraction of sp³-hybridized carbons (Fsp3) is 0. The molecule has 1 aromatic carbocycles. The van der Waals surface area contributed by atoms with Crippen LogP contribution in [0.4, 0.5) is 0 Å². The predicted octanol–water partition coefficient (Wildman–Crippen LogP) is 0.821. The van der Waals surface area contributed by atoms with Crippen molar-refractivity contribution < 1.29 is 0 Å². The average molecular weight is 187 g/mol. The van der Waals surface area contributed by atoms with E-state index in [1.54, 1.807) is 6.07 Å². The summed E-state index contributed by atoms with van der Waals surface area (Å²) < 4.78 is 0. The van der Waals surface area contributed by atoms with Gasteiger partial charge in [0.2, 0.25) is 0 Å². The van der Waals surface area contributed by atoms with Crippen molar-refractivity contribution in [1.82, 2.24) is 4.98 Å². The molecule has 70 valence electrons. The lowest BCUT2D eigenvalue weighted by molar-refractivity contribution is 1.24. The number of hydrogen-bond donors (Lipinski definition) is 2. The standard InChI is InChI=1S/C10H9N3O/c11-12-6-8-5-7-3-1-2-4-9(7)13-10(8)14/h1-6H,11H2,(H,13,14)/b12-6+. The Labute approximate surface area is 80.1 Å².